The molecule has 4 heterocycles. The summed E-state index contributed by atoms with van der Waals surface area (Å²) in [4.78, 5) is 24.4. The Balaban J connectivity index is 1.58. The first-order valence-corrected chi connectivity index (χ1v) is 13.6. The molecule has 3 aromatic heterocycles. The van der Waals surface area contributed by atoms with Crippen molar-refractivity contribution in [3.05, 3.63) is 52.6 Å². The minimum Gasteiger partial charge on any atom is -0.491 e. The van der Waals surface area contributed by atoms with Gasteiger partial charge >= 0.3 is 0 Å². The molecule has 0 atom stereocenters. The molecule has 194 valence electrons. The minimum absolute atomic E-state index is 0.318. The van der Waals surface area contributed by atoms with Gasteiger partial charge in [0.05, 0.1) is 13.1 Å². The molecule has 2 N–H and O–H groups in total. The molecule has 37 heavy (non-hydrogen) atoms. The molecule has 1 aliphatic rings. The Morgan fingerprint density at radius 1 is 1.14 bits per heavy atom. The van der Waals surface area contributed by atoms with Crippen LogP contribution in [-0.4, -0.2) is 52.1 Å². The Morgan fingerprint density at radius 3 is 2.68 bits per heavy atom. The molecular formula is C28H35N7OS. The highest BCUT2D eigenvalue weighted by Crippen LogP contribution is 2.37. The van der Waals surface area contributed by atoms with E-state index in [1.165, 1.54) is 16.9 Å². The van der Waals surface area contributed by atoms with Crippen LogP contribution < -0.4 is 15.4 Å². The van der Waals surface area contributed by atoms with Gasteiger partial charge in [-0.3, -0.25) is 0 Å². The van der Waals surface area contributed by atoms with Gasteiger partial charge in [0, 0.05) is 35.1 Å². The molecule has 1 aromatic carbocycles. The zero-order valence-electron chi connectivity index (χ0n) is 22.5. The van der Waals surface area contributed by atoms with Crippen molar-refractivity contribution >= 4 is 32.6 Å². The van der Waals surface area contributed by atoms with Gasteiger partial charge in [0.2, 0.25) is 0 Å². The van der Waals surface area contributed by atoms with Crippen LogP contribution in [0.4, 0.5) is 10.9 Å². The molecule has 5 rings (SSSR count). The van der Waals surface area contributed by atoms with Gasteiger partial charge in [-0.2, -0.15) is 0 Å². The molecule has 0 saturated heterocycles. The van der Waals surface area contributed by atoms with E-state index in [9.17, 15) is 0 Å². The van der Waals surface area contributed by atoms with Crippen LogP contribution in [0.25, 0.3) is 21.5 Å². The standard InChI is InChI=1S/C28H35N7OS/c1-7-21-24(16(2)3)26(33-23(31-21)15-34(5)6)35-8-9-36-25-17(4)10-18(11-20(25)14-35)19-12-22-27(30-13-19)37-28(29)32-22/h10-13,16H,7-9,14-15H2,1-6H3,(H2,29,32). The number of ether oxygens (including phenoxy) is 1. The third-order valence-electron chi connectivity index (χ3n) is 6.64. The molecule has 0 spiro atoms. The molecule has 1 aliphatic heterocycles. The molecule has 4 aromatic rings. The lowest BCUT2D eigenvalue weighted by Crippen LogP contribution is -2.29. The predicted molar refractivity (Wildman–Crippen MR) is 151 cm³/mol. The Morgan fingerprint density at radius 2 is 1.95 bits per heavy atom. The van der Waals surface area contributed by atoms with E-state index in [1.54, 1.807) is 0 Å². The first-order chi connectivity index (χ1) is 17.7. The fraction of sp³-hybridized carbons (Fsp3) is 0.429. The van der Waals surface area contributed by atoms with Gasteiger partial charge in [-0.1, -0.05) is 32.1 Å². The van der Waals surface area contributed by atoms with Crippen molar-refractivity contribution in [2.45, 2.75) is 53.1 Å². The second-order valence-corrected chi connectivity index (χ2v) is 11.2. The largest absolute Gasteiger partial charge is 0.491 e. The number of nitrogen functional groups attached to an aromatic ring is 1. The molecule has 9 heteroatoms. The summed E-state index contributed by atoms with van der Waals surface area (Å²) in [6, 6.07) is 6.45. The van der Waals surface area contributed by atoms with E-state index in [-0.39, 0.29) is 0 Å². The lowest BCUT2D eigenvalue weighted by atomic mass is 9.98. The molecule has 0 radical (unpaired) electrons. The van der Waals surface area contributed by atoms with Crippen molar-refractivity contribution in [1.29, 1.82) is 0 Å². The van der Waals surface area contributed by atoms with Gasteiger partial charge < -0.3 is 20.3 Å². The number of hydrogen-bond acceptors (Lipinski definition) is 9. The molecule has 0 aliphatic carbocycles. The second-order valence-electron chi connectivity index (χ2n) is 10.2. The number of aromatic nitrogens is 4. The summed E-state index contributed by atoms with van der Waals surface area (Å²) in [7, 11) is 4.11. The Hall–Kier alpha value is -3.30. The van der Waals surface area contributed by atoms with E-state index in [4.69, 9.17) is 20.4 Å². The van der Waals surface area contributed by atoms with Crippen LogP contribution in [0.3, 0.4) is 0 Å². The zero-order chi connectivity index (χ0) is 26.3. The summed E-state index contributed by atoms with van der Waals surface area (Å²) >= 11 is 1.41. The highest BCUT2D eigenvalue weighted by Gasteiger charge is 2.25. The van der Waals surface area contributed by atoms with Crippen LogP contribution >= 0.6 is 11.3 Å². The lowest BCUT2D eigenvalue weighted by molar-refractivity contribution is 0.329. The molecule has 0 unspecified atom stereocenters. The topological polar surface area (TPSA) is 93.3 Å². The van der Waals surface area contributed by atoms with E-state index < -0.39 is 0 Å². The Kier molecular flexibility index (Phi) is 7.00. The van der Waals surface area contributed by atoms with Crippen molar-refractivity contribution in [2.24, 2.45) is 0 Å². The van der Waals surface area contributed by atoms with Gasteiger partial charge in [-0.05, 0) is 62.7 Å². The van der Waals surface area contributed by atoms with Crippen LogP contribution in [0.15, 0.2) is 24.4 Å². The van der Waals surface area contributed by atoms with Crippen LogP contribution in [0.2, 0.25) is 0 Å². The summed E-state index contributed by atoms with van der Waals surface area (Å²) in [5.74, 6) is 3.17. The summed E-state index contributed by atoms with van der Waals surface area (Å²) in [5, 5.41) is 0.535. The second kappa shape index (κ2) is 10.2. The summed E-state index contributed by atoms with van der Waals surface area (Å²) in [5.41, 5.74) is 13.5. The van der Waals surface area contributed by atoms with Crippen LogP contribution in [0, 0.1) is 6.92 Å². The van der Waals surface area contributed by atoms with Gasteiger partial charge in [0.25, 0.3) is 0 Å². The fourth-order valence-corrected chi connectivity index (χ4v) is 5.72. The first-order valence-electron chi connectivity index (χ1n) is 12.8. The number of nitrogens with two attached hydrogens (primary N) is 1. The van der Waals surface area contributed by atoms with E-state index in [1.807, 2.05) is 6.20 Å². The quantitative estimate of drug-likeness (QED) is 0.374. The molecule has 0 amide bonds. The third-order valence-corrected chi connectivity index (χ3v) is 7.45. The van der Waals surface area contributed by atoms with E-state index >= 15 is 0 Å². The SMILES string of the molecule is CCc1nc(CN(C)C)nc(N2CCOc3c(C)cc(-c4cnc5sc(N)nc5c4)cc3C2)c1C(C)C. The van der Waals surface area contributed by atoms with Gasteiger partial charge in [0.1, 0.15) is 34.3 Å². The Bertz CT molecular complexity index is 1450. The number of rotatable bonds is 6. The number of fused-ring (bicyclic) bond motifs is 2. The Labute approximate surface area is 222 Å². The van der Waals surface area contributed by atoms with Crippen molar-refractivity contribution in [3.63, 3.8) is 0 Å². The molecule has 0 fully saturated rings. The molecule has 0 bridgehead atoms. The number of benzene rings is 1. The van der Waals surface area contributed by atoms with Crippen LogP contribution in [0.5, 0.6) is 5.75 Å². The van der Waals surface area contributed by atoms with Crippen LogP contribution in [0.1, 0.15) is 54.9 Å². The predicted octanol–water partition coefficient (Wildman–Crippen LogP) is 5.19. The average molecular weight is 518 g/mol. The maximum absolute atomic E-state index is 6.31. The van der Waals surface area contributed by atoms with E-state index in [0.29, 0.717) is 30.7 Å². The number of pyridine rings is 1. The monoisotopic (exact) mass is 517 g/mol. The zero-order valence-corrected chi connectivity index (χ0v) is 23.3. The number of thiazole rings is 1. The van der Waals surface area contributed by atoms with Crippen molar-refractivity contribution < 1.29 is 4.74 Å². The number of anilines is 2. The highest BCUT2D eigenvalue weighted by atomic mass is 32.1. The number of hydrogen-bond donors (Lipinski definition) is 1. The van der Waals surface area contributed by atoms with Crippen molar-refractivity contribution in [3.8, 4) is 16.9 Å². The van der Waals surface area contributed by atoms with Crippen LogP contribution in [-0.2, 0) is 19.5 Å². The van der Waals surface area contributed by atoms with Gasteiger partial charge in [-0.25, -0.2) is 19.9 Å². The molecular weight excluding hydrogens is 482 g/mol. The summed E-state index contributed by atoms with van der Waals surface area (Å²) in [6.07, 6.45) is 2.78. The maximum Gasteiger partial charge on any atom is 0.182 e. The molecule has 8 nitrogen and oxygen atoms in total. The number of nitrogens with zero attached hydrogens (tertiary/aromatic N) is 6. The van der Waals surface area contributed by atoms with E-state index in [0.717, 1.165) is 68.7 Å². The van der Waals surface area contributed by atoms with E-state index in [2.05, 4.69) is 79.8 Å². The smallest absolute Gasteiger partial charge is 0.182 e. The third kappa shape index (κ3) is 5.10. The fourth-order valence-electron chi connectivity index (χ4n) is 5.07. The first kappa shape index (κ1) is 25.4. The van der Waals surface area contributed by atoms with Gasteiger partial charge in [-0.15, -0.1) is 0 Å². The lowest BCUT2D eigenvalue weighted by Gasteiger charge is -2.27. The summed E-state index contributed by atoms with van der Waals surface area (Å²) < 4.78 is 6.31. The van der Waals surface area contributed by atoms with Crippen molar-refractivity contribution in [1.82, 2.24) is 24.8 Å². The van der Waals surface area contributed by atoms with Gasteiger partial charge in [0.15, 0.2) is 5.13 Å². The van der Waals surface area contributed by atoms with Crippen molar-refractivity contribution in [2.75, 3.05) is 37.9 Å². The normalized spacial score (nSPS) is 13.8. The minimum atomic E-state index is 0.318. The average Bonchev–Trinajstić information content (AvgIpc) is 3.08. The maximum atomic E-state index is 6.31. The highest BCUT2D eigenvalue weighted by molar-refractivity contribution is 7.21. The number of aryl methyl sites for hydroxylation is 2. The molecule has 0 saturated carbocycles. The summed E-state index contributed by atoms with van der Waals surface area (Å²) in [6.45, 7) is 11.5.